The van der Waals surface area contributed by atoms with Gasteiger partial charge in [0, 0.05) is 17.5 Å². The van der Waals surface area contributed by atoms with E-state index >= 15 is 0 Å². The van der Waals surface area contributed by atoms with Crippen molar-refractivity contribution in [3.8, 4) is 0 Å². The minimum Gasteiger partial charge on any atom is -0.348 e. The Kier molecular flexibility index (Phi) is 6.69. The zero-order valence-electron chi connectivity index (χ0n) is 11.3. The molecule has 2 atom stereocenters. The number of halogens is 1. The summed E-state index contributed by atoms with van der Waals surface area (Å²) >= 11 is 1.61. The Balaban J connectivity index is 0.00000180. The van der Waals surface area contributed by atoms with Crippen molar-refractivity contribution in [3.05, 3.63) is 29.8 Å². The van der Waals surface area contributed by atoms with Crippen molar-refractivity contribution in [2.45, 2.75) is 24.3 Å². The fourth-order valence-corrected chi connectivity index (χ4v) is 2.86. The van der Waals surface area contributed by atoms with Crippen molar-refractivity contribution in [1.82, 2.24) is 10.6 Å². The topological polar surface area (TPSA) is 41.1 Å². The number of benzene rings is 1. The standard InChI is InChI=1S/C14H20N2OS.ClH/c1-10-7-8-15-9-12(10)16-14(17)11-5-3-4-6-13(11)18-2;/h3-6,10,12,15H,7-9H2,1-2H3,(H,16,17);1H. The van der Waals surface area contributed by atoms with E-state index in [2.05, 4.69) is 17.6 Å². The molecule has 1 fully saturated rings. The Hall–Kier alpha value is -0.710. The van der Waals surface area contributed by atoms with Crippen LogP contribution < -0.4 is 10.6 Å². The van der Waals surface area contributed by atoms with Gasteiger partial charge in [-0.3, -0.25) is 4.79 Å². The van der Waals surface area contributed by atoms with Gasteiger partial charge >= 0.3 is 0 Å². The highest BCUT2D eigenvalue weighted by molar-refractivity contribution is 7.98. The van der Waals surface area contributed by atoms with E-state index in [0.717, 1.165) is 30.0 Å². The lowest BCUT2D eigenvalue weighted by molar-refractivity contribution is 0.0912. The SMILES string of the molecule is CSc1ccccc1C(=O)NC1CNCCC1C.Cl. The van der Waals surface area contributed by atoms with Gasteiger partial charge in [-0.15, -0.1) is 24.2 Å². The van der Waals surface area contributed by atoms with Gasteiger partial charge in [0.1, 0.15) is 0 Å². The van der Waals surface area contributed by atoms with Crippen molar-refractivity contribution >= 4 is 30.1 Å². The highest BCUT2D eigenvalue weighted by Crippen LogP contribution is 2.20. The highest BCUT2D eigenvalue weighted by atomic mass is 35.5. The summed E-state index contributed by atoms with van der Waals surface area (Å²) < 4.78 is 0. The molecule has 3 nitrogen and oxygen atoms in total. The highest BCUT2D eigenvalue weighted by Gasteiger charge is 2.23. The zero-order chi connectivity index (χ0) is 13.0. The molecule has 1 heterocycles. The third-order valence-corrected chi connectivity index (χ3v) is 4.29. The van der Waals surface area contributed by atoms with Gasteiger partial charge in [0.15, 0.2) is 0 Å². The number of amides is 1. The van der Waals surface area contributed by atoms with Crippen molar-refractivity contribution in [1.29, 1.82) is 0 Å². The molecule has 2 N–H and O–H groups in total. The van der Waals surface area contributed by atoms with Crippen molar-refractivity contribution < 1.29 is 4.79 Å². The zero-order valence-corrected chi connectivity index (χ0v) is 12.9. The van der Waals surface area contributed by atoms with Crippen molar-refractivity contribution in [2.75, 3.05) is 19.3 Å². The molecule has 0 spiro atoms. The second-order valence-corrected chi connectivity index (χ2v) is 5.60. The summed E-state index contributed by atoms with van der Waals surface area (Å²) in [6.45, 7) is 4.12. The number of carbonyl (C=O) groups excluding carboxylic acids is 1. The number of thioether (sulfide) groups is 1. The summed E-state index contributed by atoms with van der Waals surface area (Å²) in [5.41, 5.74) is 0.780. The summed E-state index contributed by atoms with van der Waals surface area (Å²) in [5, 5.41) is 6.48. The Labute approximate surface area is 125 Å². The molecule has 2 rings (SSSR count). The van der Waals surface area contributed by atoms with Gasteiger partial charge in [-0.1, -0.05) is 19.1 Å². The smallest absolute Gasteiger partial charge is 0.252 e. The van der Waals surface area contributed by atoms with Gasteiger partial charge in [0.05, 0.1) is 5.56 Å². The quantitative estimate of drug-likeness (QED) is 0.843. The minimum absolute atomic E-state index is 0. The number of nitrogens with one attached hydrogen (secondary N) is 2. The second kappa shape index (κ2) is 7.78. The van der Waals surface area contributed by atoms with E-state index in [1.54, 1.807) is 11.8 Å². The number of hydrogen-bond acceptors (Lipinski definition) is 3. The average Bonchev–Trinajstić information content (AvgIpc) is 2.41. The molecule has 0 radical (unpaired) electrons. The van der Waals surface area contributed by atoms with Crippen LogP contribution in [0.4, 0.5) is 0 Å². The Morgan fingerprint density at radius 2 is 2.16 bits per heavy atom. The van der Waals surface area contributed by atoms with Gasteiger partial charge in [0.2, 0.25) is 0 Å². The molecule has 5 heteroatoms. The predicted molar refractivity (Wildman–Crippen MR) is 83.4 cm³/mol. The molecule has 1 saturated heterocycles. The van der Waals surface area contributed by atoms with Gasteiger partial charge in [0.25, 0.3) is 5.91 Å². The van der Waals surface area contributed by atoms with Crippen LogP contribution in [0.15, 0.2) is 29.2 Å². The maximum Gasteiger partial charge on any atom is 0.252 e. The van der Waals surface area contributed by atoms with Gasteiger partial charge in [-0.25, -0.2) is 0 Å². The van der Waals surface area contributed by atoms with Crippen molar-refractivity contribution in [3.63, 3.8) is 0 Å². The van der Waals surface area contributed by atoms with Gasteiger partial charge in [-0.2, -0.15) is 0 Å². The normalized spacial score (nSPS) is 22.4. The first-order valence-corrected chi connectivity index (χ1v) is 7.59. The van der Waals surface area contributed by atoms with Crippen LogP contribution in [-0.2, 0) is 0 Å². The molecular weight excluding hydrogens is 280 g/mol. The van der Waals surface area contributed by atoms with Crippen LogP contribution in [0.3, 0.4) is 0 Å². The molecule has 1 aromatic rings. The second-order valence-electron chi connectivity index (χ2n) is 4.75. The van der Waals surface area contributed by atoms with E-state index < -0.39 is 0 Å². The van der Waals surface area contributed by atoms with Crippen LogP contribution in [0.2, 0.25) is 0 Å². The number of carbonyl (C=O) groups is 1. The fourth-order valence-electron chi connectivity index (χ4n) is 2.26. The molecule has 0 saturated carbocycles. The maximum atomic E-state index is 12.3. The lowest BCUT2D eigenvalue weighted by Gasteiger charge is -2.30. The Morgan fingerprint density at radius 3 is 2.84 bits per heavy atom. The van der Waals surface area contributed by atoms with Crippen LogP contribution in [0, 0.1) is 5.92 Å². The van der Waals surface area contributed by atoms with Crippen LogP contribution in [0.25, 0.3) is 0 Å². The first-order valence-electron chi connectivity index (χ1n) is 6.37. The monoisotopic (exact) mass is 300 g/mol. The number of rotatable bonds is 3. The molecule has 0 bridgehead atoms. The summed E-state index contributed by atoms with van der Waals surface area (Å²) in [6.07, 6.45) is 3.12. The van der Waals surface area contributed by atoms with E-state index in [1.165, 1.54) is 0 Å². The molecule has 1 aliphatic heterocycles. The number of piperidine rings is 1. The van der Waals surface area contributed by atoms with Gasteiger partial charge in [-0.05, 0) is 37.3 Å². The summed E-state index contributed by atoms with van der Waals surface area (Å²) in [4.78, 5) is 13.3. The van der Waals surface area contributed by atoms with Crippen LogP contribution in [0.5, 0.6) is 0 Å². The summed E-state index contributed by atoms with van der Waals surface area (Å²) in [6, 6.07) is 8.00. The lowest BCUT2D eigenvalue weighted by atomic mass is 9.94. The fraction of sp³-hybridized carbons (Fsp3) is 0.500. The summed E-state index contributed by atoms with van der Waals surface area (Å²) in [5.74, 6) is 0.581. The van der Waals surface area contributed by atoms with Crippen LogP contribution >= 0.6 is 24.2 Å². The van der Waals surface area contributed by atoms with Crippen LogP contribution in [0.1, 0.15) is 23.7 Å². The largest absolute Gasteiger partial charge is 0.348 e. The first-order chi connectivity index (χ1) is 8.72. The molecule has 1 amide bonds. The van der Waals surface area contributed by atoms with Crippen LogP contribution in [-0.4, -0.2) is 31.3 Å². The molecular formula is C14H21ClN2OS. The minimum atomic E-state index is 0. The van der Waals surface area contributed by atoms with Crippen molar-refractivity contribution in [2.24, 2.45) is 5.92 Å². The molecule has 2 unspecified atom stereocenters. The third-order valence-electron chi connectivity index (χ3n) is 3.50. The van der Waals surface area contributed by atoms with Gasteiger partial charge < -0.3 is 10.6 Å². The molecule has 1 aliphatic rings. The molecule has 1 aromatic carbocycles. The maximum absolute atomic E-state index is 12.3. The van der Waals surface area contributed by atoms with E-state index in [0.29, 0.717) is 5.92 Å². The Bertz CT molecular complexity index is 428. The summed E-state index contributed by atoms with van der Waals surface area (Å²) in [7, 11) is 0. The van der Waals surface area contributed by atoms with E-state index in [-0.39, 0.29) is 24.4 Å². The van der Waals surface area contributed by atoms with E-state index in [4.69, 9.17) is 0 Å². The molecule has 0 aromatic heterocycles. The predicted octanol–water partition coefficient (Wildman–Crippen LogP) is 2.56. The molecule has 19 heavy (non-hydrogen) atoms. The van der Waals surface area contributed by atoms with E-state index in [1.807, 2.05) is 30.5 Å². The molecule has 106 valence electrons. The molecule has 0 aliphatic carbocycles. The van der Waals surface area contributed by atoms with E-state index in [9.17, 15) is 4.79 Å². The third kappa shape index (κ3) is 4.13. The average molecular weight is 301 g/mol. The number of hydrogen-bond donors (Lipinski definition) is 2. The Morgan fingerprint density at radius 1 is 1.42 bits per heavy atom. The lowest BCUT2D eigenvalue weighted by Crippen LogP contribution is -2.50. The first kappa shape index (κ1) is 16.3.